The SMILES string of the molecule is CCc1c(F)cc(C(N)=O)c(CC)c1F. The minimum Gasteiger partial charge on any atom is -0.366 e. The highest BCUT2D eigenvalue weighted by Gasteiger charge is 2.18. The van der Waals surface area contributed by atoms with Crippen LogP contribution in [0, 0.1) is 11.6 Å². The molecule has 1 amide bonds. The third kappa shape index (κ3) is 1.98. The lowest BCUT2D eigenvalue weighted by molar-refractivity contribution is 0.0998. The summed E-state index contributed by atoms with van der Waals surface area (Å²) < 4.78 is 27.0. The van der Waals surface area contributed by atoms with E-state index in [1.807, 2.05) is 0 Å². The van der Waals surface area contributed by atoms with Crippen molar-refractivity contribution in [2.24, 2.45) is 5.73 Å². The fraction of sp³-hybridized carbons (Fsp3) is 0.364. The van der Waals surface area contributed by atoms with Gasteiger partial charge in [0, 0.05) is 16.7 Å². The van der Waals surface area contributed by atoms with Gasteiger partial charge < -0.3 is 5.73 Å². The molecule has 0 bridgehead atoms. The van der Waals surface area contributed by atoms with Crippen molar-refractivity contribution in [3.8, 4) is 0 Å². The van der Waals surface area contributed by atoms with Crippen molar-refractivity contribution in [3.63, 3.8) is 0 Å². The van der Waals surface area contributed by atoms with Crippen LogP contribution >= 0.6 is 0 Å². The monoisotopic (exact) mass is 213 g/mol. The van der Waals surface area contributed by atoms with Gasteiger partial charge in [-0.05, 0) is 18.9 Å². The van der Waals surface area contributed by atoms with Crippen LogP contribution in [0.5, 0.6) is 0 Å². The first kappa shape index (κ1) is 11.6. The van der Waals surface area contributed by atoms with Crippen LogP contribution < -0.4 is 5.73 Å². The number of primary amides is 1. The highest BCUT2D eigenvalue weighted by molar-refractivity contribution is 5.94. The second-order valence-electron chi connectivity index (χ2n) is 3.25. The van der Waals surface area contributed by atoms with Gasteiger partial charge in [-0.15, -0.1) is 0 Å². The summed E-state index contributed by atoms with van der Waals surface area (Å²) >= 11 is 0. The lowest BCUT2D eigenvalue weighted by atomic mass is 9.98. The average molecular weight is 213 g/mol. The van der Waals surface area contributed by atoms with Crippen LogP contribution in [-0.2, 0) is 12.8 Å². The zero-order chi connectivity index (χ0) is 11.6. The summed E-state index contributed by atoms with van der Waals surface area (Å²) in [6, 6.07) is 1.02. The third-order valence-corrected chi connectivity index (χ3v) is 2.39. The molecule has 0 saturated heterocycles. The maximum atomic E-state index is 13.7. The van der Waals surface area contributed by atoms with E-state index in [0.717, 1.165) is 6.07 Å². The van der Waals surface area contributed by atoms with E-state index in [1.54, 1.807) is 13.8 Å². The number of amides is 1. The molecule has 0 aromatic heterocycles. The van der Waals surface area contributed by atoms with E-state index in [4.69, 9.17) is 5.73 Å². The number of rotatable bonds is 3. The summed E-state index contributed by atoms with van der Waals surface area (Å²) in [5, 5.41) is 0. The summed E-state index contributed by atoms with van der Waals surface area (Å²) in [5.74, 6) is -2.15. The van der Waals surface area contributed by atoms with Crippen LogP contribution in [0.25, 0.3) is 0 Å². The molecule has 4 heteroatoms. The Kier molecular flexibility index (Phi) is 3.39. The van der Waals surface area contributed by atoms with Gasteiger partial charge in [-0.3, -0.25) is 4.79 Å². The second-order valence-corrected chi connectivity index (χ2v) is 3.25. The van der Waals surface area contributed by atoms with Crippen LogP contribution in [0.4, 0.5) is 8.78 Å². The number of hydrogen-bond acceptors (Lipinski definition) is 1. The molecule has 0 aliphatic carbocycles. The molecular weight excluding hydrogens is 200 g/mol. The van der Waals surface area contributed by atoms with E-state index in [9.17, 15) is 13.6 Å². The fourth-order valence-corrected chi connectivity index (χ4v) is 1.60. The standard InChI is InChI=1S/C11H13F2NO/c1-3-6-8(11(14)15)5-9(12)7(4-2)10(6)13/h5H,3-4H2,1-2H3,(H2,14,15). The van der Waals surface area contributed by atoms with Gasteiger partial charge in [0.25, 0.3) is 0 Å². The molecule has 0 fully saturated rings. The Bertz CT molecular complexity index is 402. The van der Waals surface area contributed by atoms with Crippen molar-refractivity contribution in [2.75, 3.05) is 0 Å². The van der Waals surface area contributed by atoms with Crippen molar-refractivity contribution < 1.29 is 13.6 Å². The summed E-state index contributed by atoms with van der Waals surface area (Å²) in [6.45, 7) is 3.35. The normalized spacial score (nSPS) is 10.4. The maximum Gasteiger partial charge on any atom is 0.249 e. The molecule has 2 nitrogen and oxygen atoms in total. The zero-order valence-electron chi connectivity index (χ0n) is 8.73. The number of carbonyl (C=O) groups excluding carboxylic acids is 1. The van der Waals surface area contributed by atoms with Crippen molar-refractivity contribution in [1.29, 1.82) is 0 Å². The smallest absolute Gasteiger partial charge is 0.249 e. The minimum atomic E-state index is -0.799. The fourth-order valence-electron chi connectivity index (χ4n) is 1.60. The first-order valence-corrected chi connectivity index (χ1v) is 4.82. The van der Waals surface area contributed by atoms with Crippen molar-refractivity contribution in [1.82, 2.24) is 0 Å². The number of halogens is 2. The van der Waals surface area contributed by atoms with E-state index in [0.29, 0.717) is 6.42 Å². The second kappa shape index (κ2) is 4.38. The zero-order valence-corrected chi connectivity index (χ0v) is 8.73. The van der Waals surface area contributed by atoms with Crippen LogP contribution in [0.1, 0.15) is 35.3 Å². The minimum absolute atomic E-state index is 0.0110. The first-order chi connectivity index (χ1) is 7.02. The van der Waals surface area contributed by atoms with Gasteiger partial charge in [-0.25, -0.2) is 8.78 Å². The molecule has 1 aromatic carbocycles. The summed E-state index contributed by atoms with van der Waals surface area (Å²) in [4.78, 5) is 11.0. The Balaban J connectivity index is 3.51. The highest BCUT2D eigenvalue weighted by atomic mass is 19.1. The van der Waals surface area contributed by atoms with E-state index < -0.39 is 17.5 Å². The lowest BCUT2D eigenvalue weighted by Gasteiger charge is -2.10. The highest BCUT2D eigenvalue weighted by Crippen LogP contribution is 2.22. The number of hydrogen-bond donors (Lipinski definition) is 1. The predicted octanol–water partition coefficient (Wildman–Crippen LogP) is 2.19. The molecule has 0 saturated carbocycles. The van der Waals surface area contributed by atoms with Gasteiger partial charge in [-0.1, -0.05) is 13.8 Å². The van der Waals surface area contributed by atoms with E-state index in [1.165, 1.54) is 0 Å². The van der Waals surface area contributed by atoms with E-state index >= 15 is 0 Å². The first-order valence-electron chi connectivity index (χ1n) is 4.82. The molecule has 0 atom stereocenters. The molecule has 0 heterocycles. The molecule has 15 heavy (non-hydrogen) atoms. The molecule has 1 aromatic rings. The maximum absolute atomic E-state index is 13.7. The van der Waals surface area contributed by atoms with Crippen molar-refractivity contribution in [2.45, 2.75) is 26.7 Å². The van der Waals surface area contributed by atoms with Gasteiger partial charge in [0.1, 0.15) is 11.6 Å². The summed E-state index contributed by atoms with van der Waals surface area (Å²) in [6.07, 6.45) is 0.571. The molecule has 0 unspecified atom stereocenters. The number of carbonyl (C=O) groups is 1. The Morgan fingerprint density at radius 3 is 2.20 bits per heavy atom. The van der Waals surface area contributed by atoms with Gasteiger partial charge in [0.15, 0.2) is 0 Å². The molecule has 2 N–H and O–H groups in total. The molecule has 0 radical (unpaired) electrons. The van der Waals surface area contributed by atoms with Crippen LogP contribution in [-0.4, -0.2) is 5.91 Å². The van der Waals surface area contributed by atoms with E-state index in [2.05, 4.69) is 0 Å². The molecule has 82 valence electrons. The van der Waals surface area contributed by atoms with Gasteiger partial charge >= 0.3 is 0 Å². The van der Waals surface area contributed by atoms with Crippen molar-refractivity contribution >= 4 is 5.91 Å². The molecule has 0 aliphatic heterocycles. The average Bonchev–Trinajstić information content (AvgIpc) is 2.17. The molecular formula is C11H13F2NO. The third-order valence-electron chi connectivity index (χ3n) is 2.39. The summed E-state index contributed by atoms with van der Waals surface area (Å²) in [5.41, 5.74) is 5.19. The Hall–Kier alpha value is -1.45. The number of nitrogens with two attached hydrogens (primary N) is 1. The Morgan fingerprint density at radius 1 is 1.27 bits per heavy atom. The predicted molar refractivity (Wildman–Crippen MR) is 53.6 cm³/mol. The van der Waals surface area contributed by atoms with Crippen LogP contribution in [0.2, 0.25) is 0 Å². The molecule has 0 aliphatic rings. The van der Waals surface area contributed by atoms with Gasteiger partial charge in [-0.2, -0.15) is 0 Å². The van der Waals surface area contributed by atoms with E-state index in [-0.39, 0.29) is 23.1 Å². The Morgan fingerprint density at radius 2 is 1.80 bits per heavy atom. The Labute approximate surface area is 87.1 Å². The quantitative estimate of drug-likeness (QED) is 0.821. The van der Waals surface area contributed by atoms with Gasteiger partial charge in [0.2, 0.25) is 5.91 Å². The molecule has 1 rings (SSSR count). The van der Waals surface area contributed by atoms with Crippen LogP contribution in [0.15, 0.2) is 6.07 Å². The lowest BCUT2D eigenvalue weighted by Crippen LogP contribution is -2.16. The number of benzene rings is 1. The molecule has 0 spiro atoms. The van der Waals surface area contributed by atoms with Gasteiger partial charge in [0.05, 0.1) is 0 Å². The largest absolute Gasteiger partial charge is 0.366 e. The summed E-state index contributed by atoms with van der Waals surface area (Å²) in [7, 11) is 0. The van der Waals surface area contributed by atoms with Crippen molar-refractivity contribution in [3.05, 3.63) is 34.4 Å². The topological polar surface area (TPSA) is 43.1 Å². The van der Waals surface area contributed by atoms with Crippen LogP contribution in [0.3, 0.4) is 0 Å².